The summed E-state index contributed by atoms with van der Waals surface area (Å²) in [5.41, 5.74) is 4.24. The van der Waals surface area contributed by atoms with Crippen molar-refractivity contribution in [3.63, 3.8) is 0 Å². The fraction of sp³-hybridized carbons (Fsp3) is 0.550. The van der Waals surface area contributed by atoms with Crippen LogP contribution in [0.1, 0.15) is 61.5 Å². The molecule has 3 aromatic heterocycles. The number of hydrogen-bond acceptors (Lipinski definition) is 5. The largest absolute Gasteiger partial charge is 0.322 e. The van der Waals surface area contributed by atoms with Crippen molar-refractivity contribution < 1.29 is 0 Å². The van der Waals surface area contributed by atoms with Crippen LogP contribution >= 0.6 is 11.3 Å². The maximum atomic E-state index is 13.4. The Morgan fingerprint density at radius 1 is 1.22 bits per heavy atom. The topological polar surface area (TPSA) is 64.7 Å². The third-order valence-electron chi connectivity index (χ3n) is 5.46. The minimum absolute atomic E-state index is 0.0258. The van der Waals surface area contributed by atoms with Crippen LogP contribution < -0.4 is 10.9 Å². The molecule has 0 spiro atoms. The monoisotopic (exact) mass is 385 g/mol. The van der Waals surface area contributed by atoms with Crippen LogP contribution in [0, 0.1) is 13.8 Å². The van der Waals surface area contributed by atoms with Crippen LogP contribution in [0.4, 0.5) is 11.6 Å². The van der Waals surface area contributed by atoms with Crippen LogP contribution in [0.3, 0.4) is 0 Å². The van der Waals surface area contributed by atoms with Gasteiger partial charge in [0.05, 0.1) is 22.5 Å². The molecule has 0 radical (unpaired) electrons. The number of aryl methyl sites for hydroxylation is 4. The highest BCUT2D eigenvalue weighted by molar-refractivity contribution is 7.18. The van der Waals surface area contributed by atoms with Gasteiger partial charge in [-0.3, -0.25) is 14.0 Å². The molecule has 1 aliphatic rings. The van der Waals surface area contributed by atoms with Gasteiger partial charge < -0.3 is 5.32 Å². The molecule has 1 aliphatic carbocycles. The van der Waals surface area contributed by atoms with Gasteiger partial charge in [-0.05, 0) is 65.9 Å². The van der Waals surface area contributed by atoms with Crippen molar-refractivity contribution in [3.8, 4) is 0 Å². The Balaban J connectivity index is 1.91. The molecule has 3 aromatic rings. The van der Waals surface area contributed by atoms with Gasteiger partial charge in [-0.15, -0.1) is 11.3 Å². The first-order chi connectivity index (χ1) is 12.9. The molecule has 0 bridgehead atoms. The van der Waals surface area contributed by atoms with Gasteiger partial charge in [0, 0.05) is 17.5 Å². The summed E-state index contributed by atoms with van der Waals surface area (Å²) in [6.07, 6.45) is 4.44. The van der Waals surface area contributed by atoms with E-state index in [0.717, 1.165) is 53.1 Å². The van der Waals surface area contributed by atoms with Gasteiger partial charge in [0.25, 0.3) is 5.56 Å². The summed E-state index contributed by atoms with van der Waals surface area (Å²) in [4.78, 5) is 20.5. The second-order valence-corrected chi connectivity index (χ2v) is 8.67. The van der Waals surface area contributed by atoms with Crippen LogP contribution in [0.25, 0.3) is 10.2 Å². The predicted molar refractivity (Wildman–Crippen MR) is 112 cm³/mol. The van der Waals surface area contributed by atoms with Crippen molar-refractivity contribution in [3.05, 3.63) is 32.2 Å². The minimum Gasteiger partial charge on any atom is -0.322 e. The van der Waals surface area contributed by atoms with Gasteiger partial charge in [-0.1, -0.05) is 0 Å². The summed E-state index contributed by atoms with van der Waals surface area (Å²) < 4.78 is 3.77. The lowest BCUT2D eigenvalue weighted by Gasteiger charge is -2.17. The standard InChI is InChI=1S/C20H27N5OS/c1-6-24-13(5)17(12(4)23-24)21-20-22-18-16(19(26)25(20)11(2)3)14-9-7-8-10-15(14)27-18/h11H,6-10H2,1-5H3,(H,21,22). The van der Waals surface area contributed by atoms with Crippen molar-refractivity contribution >= 4 is 33.2 Å². The highest BCUT2D eigenvalue weighted by Gasteiger charge is 2.24. The molecule has 27 heavy (non-hydrogen) atoms. The van der Waals surface area contributed by atoms with Gasteiger partial charge in [0.15, 0.2) is 0 Å². The molecular formula is C20H27N5OS. The Morgan fingerprint density at radius 3 is 2.63 bits per heavy atom. The minimum atomic E-state index is 0.0258. The van der Waals surface area contributed by atoms with E-state index < -0.39 is 0 Å². The predicted octanol–water partition coefficient (Wildman–Crippen LogP) is 4.49. The molecule has 0 unspecified atom stereocenters. The first kappa shape index (κ1) is 18.2. The zero-order chi connectivity index (χ0) is 19.3. The van der Waals surface area contributed by atoms with Gasteiger partial charge in [-0.2, -0.15) is 5.10 Å². The summed E-state index contributed by atoms with van der Waals surface area (Å²) in [5.74, 6) is 0.614. The molecule has 3 heterocycles. The summed E-state index contributed by atoms with van der Waals surface area (Å²) in [5, 5.41) is 8.85. The third-order valence-corrected chi connectivity index (χ3v) is 6.64. The van der Waals surface area contributed by atoms with Crippen LogP contribution in [0.5, 0.6) is 0 Å². The van der Waals surface area contributed by atoms with E-state index in [9.17, 15) is 4.79 Å². The second-order valence-electron chi connectivity index (χ2n) is 7.58. The molecule has 0 aromatic carbocycles. The first-order valence-corrected chi connectivity index (χ1v) is 10.6. The van der Waals surface area contributed by atoms with E-state index in [1.807, 2.05) is 32.4 Å². The molecule has 0 aliphatic heterocycles. The van der Waals surface area contributed by atoms with E-state index in [2.05, 4.69) is 17.3 Å². The van der Waals surface area contributed by atoms with Crippen molar-refractivity contribution in [2.45, 2.75) is 72.9 Å². The average molecular weight is 386 g/mol. The summed E-state index contributed by atoms with van der Waals surface area (Å²) >= 11 is 1.69. The first-order valence-electron chi connectivity index (χ1n) is 9.80. The lowest BCUT2D eigenvalue weighted by molar-refractivity contribution is 0.582. The van der Waals surface area contributed by atoms with E-state index >= 15 is 0 Å². The summed E-state index contributed by atoms with van der Waals surface area (Å²) in [6.45, 7) is 11.0. The molecule has 144 valence electrons. The van der Waals surface area contributed by atoms with Crippen molar-refractivity contribution in [1.29, 1.82) is 0 Å². The number of anilines is 2. The second kappa shape index (κ2) is 6.78. The smallest absolute Gasteiger partial charge is 0.264 e. The molecule has 4 rings (SSSR count). The zero-order valence-electron chi connectivity index (χ0n) is 16.7. The zero-order valence-corrected chi connectivity index (χ0v) is 17.5. The molecule has 0 fully saturated rings. The highest BCUT2D eigenvalue weighted by Crippen LogP contribution is 2.35. The van der Waals surface area contributed by atoms with Crippen LogP contribution in [0.15, 0.2) is 4.79 Å². The molecule has 0 atom stereocenters. The van der Waals surface area contributed by atoms with E-state index in [1.165, 1.54) is 16.9 Å². The fourth-order valence-electron chi connectivity index (χ4n) is 4.08. The van der Waals surface area contributed by atoms with E-state index in [4.69, 9.17) is 4.98 Å². The van der Waals surface area contributed by atoms with Crippen LogP contribution in [-0.2, 0) is 19.4 Å². The SMILES string of the molecule is CCn1nc(C)c(Nc2nc3sc4c(c3c(=O)n2C(C)C)CCCC4)c1C. The summed E-state index contributed by atoms with van der Waals surface area (Å²) in [6, 6.07) is 0.0258. The Morgan fingerprint density at radius 2 is 1.96 bits per heavy atom. The molecule has 7 heteroatoms. The Kier molecular flexibility index (Phi) is 4.58. The van der Waals surface area contributed by atoms with E-state index in [1.54, 1.807) is 15.9 Å². The van der Waals surface area contributed by atoms with Crippen molar-refractivity contribution in [2.24, 2.45) is 0 Å². The van der Waals surface area contributed by atoms with E-state index in [0.29, 0.717) is 5.95 Å². The Hall–Kier alpha value is -2.15. The molecular weight excluding hydrogens is 358 g/mol. The van der Waals surface area contributed by atoms with Crippen LogP contribution in [-0.4, -0.2) is 19.3 Å². The molecule has 6 nitrogen and oxygen atoms in total. The Bertz CT molecular complexity index is 1070. The number of thiophene rings is 1. The number of hydrogen-bond donors (Lipinski definition) is 1. The van der Waals surface area contributed by atoms with Crippen LogP contribution in [0.2, 0.25) is 0 Å². The lowest BCUT2D eigenvalue weighted by atomic mass is 9.97. The van der Waals surface area contributed by atoms with Gasteiger partial charge >= 0.3 is 0 Å². The number of fused-ring (bicyclic) bond motifs is 3. The van der Waals surface area contributed by atoms with Crippen molar-refractivity contribution in [1.82, 2.24) is 19.3 Å². The number of rotatable bonds is 4. The lowest BCUT2D eigenvalue weighted by Crippen LogP contribution is -2.26. The average Bonchev–Trinajstić information content (AvgIpc) is 3.13. The molecule has 0 saturated carbocycles. The quantitative estimate of drug-likeness (QED) is 0.718. The third kappa shape index (κ3) is 2.88. The summed E-state index contributed by atoms with van der Waals surface area (Å²) in [7, 11) is 0. The number of nitrogens with zero attached hydrogens (tertiary/aromatic N) is 4. The highest BCUT2D eigenvalue weighted by atomic mass is 32.1. The van der Waals surface area contributed by atoms with E-state index in [-0.39, 0.29) is 11.6 Å². The number of nitrogens with one attached hydrogen (secondary N) is 1. The fourth-order valence-corrected chi connectivity index (χ4v) is 5.33. The normalized spacial score (nSPS) is 14.1. The maximum Gasteiger partial charge on any atom is 0.264 e. The molecule has 0 amide bonds. The van der Waals surface area contributed by atoms with Crippen molar-refractivity contribution in [2.75, 3.05) is 5.32 Å². The van der Waals surface area contributed by atoms with Gasteiger partial charge in [-0.25, -0.2) is 4.98 Å². The molecule has 1 N–H and O–H groups in total. The number of aromatic nitrogens is 4. The maximum absolute atomic E-state index is 13.4. The van der Waals surface area contributed by atoms with Gasteiger partial charge in [0.1, 0.15) is 4.83 Å². The molecule has 0 saturated heterocycles. The Labute approximate surface area is 163 Å². The van der Waals surface area contributed by atoms with Gasteiger partial charge in [0.2, 0.25) is 5.95 Å².